The summed E-state index contributed by atoms with van der Waals surface area (Å²) in [4.78, 5) is 48.9. The molecule has 0 atom stereocenters. The van der Waals surface area contributed by atoms with Gasteiger partial charge in [-0.1, -0.05) is 24.3 Å². The number of hydrogen-bond acceptors (Lipinski definition) is 6. The second-order valence-corrected chi connectivity index (χ2v) is 6.51. The molecule has 2 N–H and O–H groups in total. The van der Waals surface area contributed by atoms with E-state index in [-0.39, 0.29) is 23.9 Å². The summed E-state index contributed by atoms with van der Waals surface area (Å²) in [5.41, 5.74) is 0.896. The molecular formula is C21H16F3N3O5. The van der Waals surface area contributed by atoms with E-state index in [9.17, 15) is 32.3 Å². The third-order valence-electron chi connectivity index (χ3n) is 4.30. The fourth-order valence-electron chi connectivity index (χ4n) is 2.83. The van der Waals surface area contributed by atoms with Gasteiger partial charge < -0.3 is 15.4 Å². The summed E-state index contributed by atoms with van der Waals surface area (Å²) < 4.78 is 41.8. The summed E-state index contributed by atoms with van der Waals surface area (Å²) in [6.07, 6.45) is -3.98. The number of nitrogens with zero attached hydrogens (tertiary/aromatic N) is 1. The number of benzene rings is 2. The number of allylic oxidation sites excluding steroid dienone is 1. The van der Waals surface area contributed by atoms with Gasteiger partial charge in [0.2, 0.25) is 5.91 Å². The van der Waals surface area contributed by atoms with E-state index in [0.717, 1.165) is 6.20 Å². The van der Waals surface area contributed by atoms with Crippen molar-refractivity contribution >= 4 is 40.6 Å². The molecule has 0 fully saturated rings. The van der Waals surface area contributed by atoms with Crippen LogP contribution in [0.25, 0.3) is 0 Å². The highest BCUT2D eigenvalue weighted by atomic mass is 19.4. The lowest BCUT2D eigenvalue weighted by molar-refractivity contribution is -0.165. The van der Waals surface area contributed by atoms with Gasteiger partial charge in [0.15, 0.2) is 6.61 Å². The predicted octanol–water partition coefficient (Wildman–Crippen LogP) is 2.89. The minimum Gasteiger partial charge on any atom is -0.452 e. The number of fused-ring (bicyclic) bond motifs is 1. The molecule has 2 amide bonds. The largest absolute Gasteiger partial charge is 0.454 e. The summed E-state index contributed by atoms with van der Waals surface area (Å²) in [7, 11) is 0. The van der Waals surface area contributed by atoms with E-state index in [1.165, 1.54) is 29.2 Å². The highest BCUT2D eigenvalue weighted by Gasteiger charge is 2.36. The molecule has 32 heavy (non-hydrogen) atoms. The Morgan fingerprint density at radius 3 is 2.53 bits per heavy atom. The van der Waals surface area contributed by atoms with Crippen LogP contribution in [0.5, 0.6) is 0 Å². The zero-order valence-corrected chi connectivity index (χ0v) is 16.3. The first-order chi connectivity index (χ1) is 15.2. The standard InChI is InChI=1S/C21H16F3N3O5/c22-21(23,24)17(28)9-10-25-14-6-2-1-5-13(14)20(31)32-12-19(30)27-11-18(29)26-15-7-3-4-8-16(15)27/h1-10,25H,11-12H2,(H,26,29)/b10-9+. The number of rotatable bonds is 6. The average molecular weight is 447 g/mol. The van der Waals surface area contributed by atoms with E-state index in [1.54, 1.807) is 24.3 Å². The molecule has 3 rings (SSSR count). The van der Waals surface area contributed by atoms with Crippen LogP contribution in [0.2, 0.25) is 0 Å². The number of amides is 2. The minimum absolute atomic E-state index is 0.0683. The van der Waals surface area contributed by atoms with E-state index in [1.807, 2.05) is 0 Å². The van der Waals surface area contributed by atoms with Gasteiger partial charge in [-0.3, -0.25) is 19.3 Å². The van der Waals surface area contributed by atoms with Crippen molar-refractivity contribution in [2.24, 2.45) is 0 Å². The van der Waals surface area contributed by atoms with Crippen molar-refractivity contribution in [1.82, 2.24) is 0 Å². The number of carbonyl (C=O) groups excluding carboxylic acids is 4. The van der Waals surface area contributed by atoms with Crippen LogP contribution in [0.15, 0.2) is 60.8 Å². The number of esters is 1. The van der Waals surface area contributed by atoms with Crippen molar-refractivity contribution < 1.29 is 37.1 Å². The number of nitrogens with one attached hydrogen (secondary N) is 2. The first kappa shape index (κ1) is 22.5. The highest BCUT2D eigenvalue weighted by molar-refractivity contribution is 6.10. The fourth-order valence-corrected chi connectivity index (χ4v) is 2.83. The van der Waals surface area contributed by atoms with Gasteiger partial charge in [-0.15, -0.1) is 0 Å². The lowest BCUT2D eigenvalue weighted by atomic mass is 10.2. The summed E-state index contributed by atoms with van der Waals surface area (Å²) in [6.45, 7) is -0.916. The van der Waals surface area contributed by atoms with Crippen LogP contribution >= 0.6 is 0 Å². The Morgan fingerprint density at radius 1 is 1.09 bits per heavy atom. The lowest BCUT2D eigenvalue weighted by Crippen LogP contribution is -2.44. The van der Waals surface area contributed by atoms with Gasteiger partial charge in [0.25, 0.3) is 11.7 Å². The molecule has 0 saturated carbocycles. The smallest absolute Gasteiger partial charge is 0.452 e. The normalized spacial score (nSPS) is 13.3. The van der Waals surface area contributed by atoms with Gasteiger partial charge in [0.05, 0.1) is 22.6 Å². The third kappa shape index (κ3) is 5.31. The quantitative estimate of drug-likeness (QED) is 0.521. The molecule has 1 aliphatic rings. The Morgan fingerprint density at radius 2 is 1.78 bits per heavy atom. The van der Waals surface area contributed by atoms with Crippen LogP contribution < -0.4 is 15.5 Å². The maximum atomic E-state index is 12.6. The van der Waals surface area contributed by atoms with E-state index in [2.05, 4.69) is 10.6 Å². The topological polar surface area (TPSA) is 105 Å². The molecule has 0 radical (unpaired) electrons. The van der Waals surface area contributed by atoms with Crippen molar-refractivity contribution in [3.05, 3.63) is 66.4 Å². The van der Waals surface area contributed by atoms with E-state index >= 15 is 0 Å². The van der Waals surface area contributed by atoms with Crippen LogP contribution in [0, 0.1) is 0 Å². The summed E-state index contributed by atoms with van der Waals surface area (Å²) in [6, 6.07) is 12.3. The van der Waals surface area contributed by atoms with Crippen molar-refractivity contribution in [1.29, 1.82) is 0 Å². The molecule has 1 heterocycles. The molecule has 2 aromatic rings. The molecule has 11 heteroatoms. The molecule has 0 saturated heterocycles. The fraction of sp³-hybridized carbons (Fsp3) is 0.143. The van der Waals surface area contributed by atoms with Gasteiger partial charge >= 0.3 is 12.1 Å². The zero-order valence-electron chi connectivity index (χ0n) is 16.3. The number of alkyl halides is 3. The molecule has 166 valence electrons. The van der Waals surface area contributed by atoms with Crippen molar-refractivity contribution in [2.75, 3.05) is 28.7 Å². The Kier molecular flexibility index (Phi) is 6.57. The first-order valence-corrected chi connectivity index (χ1v) is 9.16. The molecular weight excluding hydrogens is 431 g/mol. The first-order valence-electron chi connectivity index (χ1n) is 9.16. The number of halogens is 3. The van der Waals surface area contributed by atoms with Gasteiger partial charge in [-0.25, -0.2) is 4.79 Å². The third-order valence-corrected chi connectivity index (χ3v) is 4.30. The number of carbonyl (C=O) groups is 4. The van der Waals surface area contributed by atoms with E-state index < -0.39 is 36.4 Å². The van der Waals surface area contributed by atoms with Crippen LogP contribution in [0.1, 0.15) is 10.4 Å². The molecule has 0 aliphatic carbocycles. The van der Waals surface area contributed by atoms with Crippen LogP contribution in [-0.2, 0) is 19.1 Å². The Bertz CT molecular complexity index is 1100. The van der Waals surface area contributed by atoms with Gasteiger partial charge in [0, 0.05) is 12.3 Å². The summed E-state index contributed by atoms with van der Waals surface area (Å²) in [5, 5.41) is 5.05. The van der Waals surface area contributed by atoms with Crippen LogP contribution in [0.3, 0.4) is 0 Å². The van der Waals surface area contributed by atoms with Crippen molar-refractivity contribution in [2.45, 2.75) is 6.18 Å². The second kappa shape index (κ2) is 9.33. The second-order valence-electron chi connectivity index (χ2n) is 6.51. The van der Waals surface area contributed by atoms with Crippen molar-refractivity contribution in [3.63, 3.8) is 0 Å². The lowest BCUT2D eigenvalue weighted by Gasteiger charge is -2.28. The van der Waals surface area contributed by atoms with Crippen LogP contribution in [0.4, 0.5) is 30.2 Å². The van der Waals surface area contributed by atoms with Crippen molar-refractivity contribution in [3.8, 4) is 0 Å². The Hall–Kier alpha value is -4.15. The van der Waals surface area contributed by atoms with Gasteiger partial charge in [-0.2, -0.15) is 13.2 Å². The number of ketones is 1. The molecule has 1 aliphatic heterocycles. The maximum Gasteiger partial charge on any atom is 0.454 e. The maximum absolute atomic E-state index is 12.6. The number of hydrogen-bond donors (Lipinski definition) is 2. The monoisotopic (exact) mass is 447 g/mol. The molecule has 0 bridgehead atoms. The summed E-state index contributed by atoms with van der Waals surface area (Å²) in [5.74, 6) is -4.03. The molecule has 0 spiro atoms. The summed E-state index contributed by atoms with van der Waals surface area (Å²) >= 11 is 0. The zero-order chi connectivity index (χ0) is 23.3. The predicted molar refractivity (Wildman–Crippen MR) is 108 cm³/mol. The van der Waals surface area contributed by atoms with Gasteiger partial charge in [0.1, 0.15) is 6.54 Å². The molecule has 0 aromatic heterocycles. The van der Waals surface area contributed by atoms with Gasteiger partial charge in [-0.05, 0) is 24.3 Å². The Balaban J connectivity index is 1.66. The molecule has 2 aromatic carbocycles. The Labute approximate surface area is 179 Å². The molecule has 8 nitrogen and oxygen atoms in total. The van der Waals surface area contributed by atoms with Crippen LogP contribution in [-0.4, -0.2) is 42.9 Å². The minimum atomic E-state index is -5.01. The molecule has 0 unspecified atom stereocenters. The average Bonchev–Trinajstić information content (AvgIpc) is 2.76. The number of anilines is 3. The van der Waals surface area contributed by atoms with E-state index in [0.29, 0.717) is 11.4 Å². The number of para-hydroxylation sites is 3. The SMILES string of the molecule is O=C1CN(C(=O)COC(=O)c2ccccc2N/C=C/C(=O)C(F)(F)F)c2ccccc2N1. The van der Waals surface area contributed by atoms with E-state index in [4.69, 9.17) is 4.74 Å². The number of ether oxygens (including phenoxy) is 1. The highest BCUT2D eigenvalue weighted by Crippen LogP contribution is 2.29.